The molecule has 2 aliphatic rings. The molecule has 2 heterocycles. The van der Waals surface area contributed by atoms with Gasteiger partial charge >= 0.3 is 0 Å². The number of hydrogen-bond acceptors (Lipinski definition) is 3. The molecule has 1 aromatic rings. The van der Waals surface area contributed by atoms with Crippen LogP contribution in [0, 0.1) is 0 Å². The molecule has 1 saturated heterocycles. The van der Waals surface area contributed by atoms with Crippen molar-refractivity contribution in [2.24, 2.45) is 0 Å². The van der Waals surface area contributed by atoms with Gasteiger partial charge in [0.05, 0.1) is 0 Å². The van der Waals surface area contributed by atoms with Crippen molar-refractivity contribution in [3.63, 3.8) is 0 Å². The molecule has 1 spiro atoms. The van der Waals surface area contributed by atoms with Gasteiger partial charge in [0.1, 0.15) is 11.4 Å². The van der Waals surface area contributed by atoms with Gasteiger partial charge in [0.25, 0.3) is 0 Å². The smallest absolute Gasteiger partial charge is 0.124 e. The van der Waals surface area contributed by atoms with Crippen LogP contribution in [-0.4, -0.2) is 23.7 Å². The Balaban J connectivity index is 1.95. The first-order valence-electron chi connectivity index (χ1n) is 6.29. The first-order chi connectivity index (χ1) is 8.22. The highest BCUT2D eigenvalue weighted by atomic mass is 32.2. The molecule has 3 unspecified atom stereocenters. The van der Waals surface area contributed by atoms with Crippen LogP contribution in [-0.2, 0) is 0 Å². The Morgan fingerprint density at radius 2 is 2.18 bits per heavy atom. The van der Waals surface area contributed by atoms with E-state index in [0.717, 1.165) is 23.2 Å². The Bertz CT molecular complexity index is 422. The number of nitrogens with one attached hydrogen (secondary N) is 1. The normalized spacial score (nSPS) is 35.6. The number of ether oxygens (including phenoxy) is 1. The van der Waals surface area contributed by atoms with E-state index in [9.17, 15) is 0 Å². The highest BCUT2D eigenvalue weighted by Crippen LogP contribution is 2.47. The second-order valence-electron chi connectivity index (χ2n) is 5.19. The lowest BCUT2D eigenvalue weighted by atomic mass is 9.85. The first-order valence-corrected chi connectivity index (χ1v) is 7.34. The van der Waals surface area contributed by atoms with E-state index in [4.69, 9.17) is 4.74 Å². The van der Waals surface area contributed by atoms with E-state index in [1.54, 1.807) is 0 Å². The van der Waals surface area contributed by atoms with Crippen LogP contribution in [0.5, 0.6) is 5.75 Å². The minimum Gasteiger partial charge on any atom is -0.486 e. The summed E-state index contributed by atoms with van der Waals surface area (Å²) in [7, 11) is 2.05. The summed E-state index contributed by atoms with van der Waals surface area (Å²) in [6.07, 6.45) is 2.27. The zero-order valence-corrected chi connectivity index (χ0v) is 11.2. The van der Waals surface area contributed by atoms with Gasteiger partial charge in [-0.15, -0.1) is 0 Å². The minimum absolute atomic E-state index is 0.0616. The van der Waals surface area contributed by atoms with Gasteiger partial charge in [-0.25, -0.2) is 0 Å². The second-order valence-corrected chi connectivity index (χ2v) is 6.62. The highest BCUT2D eigenvalue weighted by Gasteiger charge is 2.45. The fraction of sp³-hybridized carbons (Fsp3) is 0.571. The minimum atomic E-state index is 0.0616. The van der Waals surface area contributed by atoms with Crippen LogP contribution < -0.4 is 10.1 Å². The number of fused-ring (bicyclic) bond motifs is 1. The largest absolute Gasteiger partial charge is 0.486 e. The maximum absolute atomic E-state index is 6.32. The molecule has 0 bridgehead atoms. The third kappa shape index (κ3) is 1.95. The maximum atomic E-state index is 6.32. The van der Waals surface area contributed by atoms with Crippen LogP contribution in [0.25, 0.3) is 0 Å². The predicted molar refractivity (Wildman–Crippen MR) is 72.8 cm³/mol. The van der Waals surface area contributed by atoms with Crippen molar-refractivity contribution in [1.29, 1.82) is 0 Å². The molecule has 92 valence electrons. The SMILES string of the molecule is CNC1CC2(CSC(C)C2)Oc2ccccc21. The average molecular weight is 249 g/mol. The van der Waals surface area contributed by atoms with Crippen molar-refractivity contribution >= 4 is 11.8 Å². The van der Waals surface area contributed by atoms with Crippen LogP contribution in [0.15, 0.2) is 24.3 Å². The molecule has 0 amide bonds. The summed E-state index contributed by atoms with van der Waals surface area (Å²) < 4.78 is 6.32. The number of rotatable bonds is 1. The third-order valence-corrected chi connectivity index (χ3v) is 5.26. The van der Waals surface area contributed by atoms with Crippen molar-refractivity contribution in [2.75, 3.05) is 12.8 Å². The van der Waals surface area contributed by atoms with E-state index in [1.165, 1.54) is 12.0 Å². The van der Waals surface area contributed by atoms with Crippen LogP contribution >= 0.6 is 11.8 Å². The van der Waals surface area contributed by atoms with E-state index < -0.39 is 0 Å². The molecule has 0 aromatic heterocycles. The van der Waals surface area contributed by atoms with Gasteiger partial charge in [-0.1, -0.05) is 25.1 Å². The van der Waals surface area contributed by atoms with Gasteiger partial charge in [0, 0.05) is 29.0 Å². The Morgan fingerprint density at radius 3 is 2.88 bits per heavy atom. The van der Waals surface area contributed by atoms with Crippen molar-refractivity contribution < 1.29 is 4.74 Å². The maximum Gasteiger partial charge on any atom is 0.124 e. The molecule has 1 aromatic carbocycles. The first kappa shape index (κ1) is 11.4. The highest BCUT2D eigenvalue weighted by molar-refractivity contribution is 8.00. The van der Waals surface area contributed by atoms with Crippen LogP contribution in [0.4, 0.5) is 0 Å². The van der Waals surface area contributed by atoms with Crippen LogP contribution in [0.2, 0.25) is 0 Å². The molecule has 0 aliphatic carbocycles. The third-order valence-electron chi connectivity index (χ3n) is 3.84. The van der Waals surface area contributed by atoms with Gasteiger partial charge < -0.3 is 10.1 Å². The predicted octanol–water partition coefficient (Wildman–Crippen LogP) is 2.99. The monoisotopic (exact) mass is 249 g/mol. The zero-order valence-electron chi connectivity index (χ0n) is 10.4. The topological polar surface area (TPSA) is 21.3 Å². The molecule has 2 aliphatic heterocycles. The summed E-state index contributed by atoms with van der Waals surface area (Å²) >= 11 is 2.04. The van der Waals surface area contributed by atoms with Crippen LogP contribution in [0.1, 0.15) is 31.4 Å². The van der Waals surface area contributed by atoms with Crippen molar-refractivity contribution in [1.82, 2.24) is 5.32 Å². The lowest BCUT2D eigenvalue weighted by Crippen LogP contribution is -2.44. The van der Waals surface area contributed by atoms with Crippen molar-refractivity contribution in [3.05, 3.63) is 29.8 Å². The quantitative estimate of drug-likeness (QED) is 0.826. The molecule has 1 N–H and O–H groups in total. The molecular formula is C14H19NOS. The van der Waals surface area contributed by atoms with Gasteiger partial charge in [0.15, 0.2) is 0 Å². The average Bonchev–Trinajstić information content (AvgIpc) is 2.69. The molecular weight excluding hydrogens is 230 g/mol. The van der Waals surface area contributed by atoms with E-state index in [0.29, 0.717) is 6.04 Å². The van der Waals surface area contributed by atoms with Gasteiger partial charge in [-0.2, -0.15) is 11.8 Å². The molecule has 3 atom stereocenters. The van der Waals surface area contributed by atoms with E-state index in [-0.39, 0.29) is 5.60 Å². The second kappa shape index (κ2) is 4.21. The number of benzene rings is 1. The Labute approximate surface area is 107 Å². The van der Waals surface area contributed by atoms with Crippen molar-refractivity contribution in [3.8, 4) is 5.75 Å². The zero-order chi connectivity index (χ0) is 11.9. The summed E-state index contributed by atoms with van der Waals surface area (Å²) in [5.41, 5.74) is 1.37. The molecule has 0 radical (unpaired) electrons. The van der Waals surface area contributed by atoms with Crippen molar-refractivity contribution in [2.45, 2.75) is 36.7 Å². The molecule has 3 rings (SSSR count). The fourth-order valence-electron chi connectivity index (χ4n) is 3.03. The standard InChI is InChI=1S/C14H19NOS/c1-10-7-14(9-17-10)8-12(15-2)11-5-3-4-6-13(11)16-14/h3-6,10,12,15H,7-9H2,1-2H3. The summed E-state index contributed by atoms with van der Waals surface area (Å²) in [5.74, 6) is 2.20. The number of thioether (sulfide) groups is 1. The Morgan fingerprint density at radius 1 is 1.35 bits per heavy atom. The summed E-state index contributed by atoms with van der Waals surface area (Å²) in [6.45, 7) is 2.30. The molecule has 2 nitrogen and oxygen atoms in total. The summed E-state index contributed by atoms with van der Waals surface area (Å²) in [5, 5.41) is 4.16. The van der Waals surface area contributed by atoms with E-state index >= 15 is 0 Å². The number of para-hydroxylation sites is 1. The summed E-state index contributed by atoms with van der Waals surface area (Å²) in [4.78, 5) is 0. The van der Waals surface area contributed by atoms with Gasteiger partial charge in [0.2, 0.25) is 0 Å². The Hall–Kier alpha value is -0.670. The van der Waals surface area contributed by atoms with Gasteiger partial charge in [-0.3, -0.25) is 0 Å². The Kier molecular flexibility index (Phi) is 2.83. The molecule has 1 fully saturated rings. The van der Waals surface area contributed by atoms with Crippen LogP contribution in [0.3, 0.4) is 0 Å². The molecule has 17 heavy (non-hydrogen) atoms. The lowest BCUT2D eigenvalue weighted by molar-refractivity contribution is 0.0526. The lowest BCUT2D eigenvalue weighted by Gasteiger charge is -2.39. The number of hydrogen-bond donors (Lipinski definition) is 1. The van der Waals surface area contributed by atoms with Gasteiger partial charge in [-0.05, 0) is 19.5 Å². The molecule has 3 heteroatoms. The fourth-order valence-corrected chi connectivity index (χ4v) is 4.33. The molecule has 0 saturated carbocycles. The van der Waals surface area contributed by atoms with E-state index in [2.05, 4.69) is 36.5 Å². The van der Waals surface area contributed by atoms with E-state index in [1.807, 2.05) is 18.8 Å². The summed E-state index contributed by atoms with van der Waals surface area (Å²) in [6, 6.07) is 8.88.